The second kappa shape index (κ2) is 15.3. The highest BCUT2D eigenvalue weighted by molar-refractivity contribution is 5.79. The normalized spacial score (nSPS) is 11.4. The van der Waals surface area contributed by atoms with Crippen molar-refractivity contribution in [2.75, 3.05) is 6.54 Å². The zero-order valence-corrected chi connectivity index (χ0v) is 15.0. The lowest BCUT2D eigenvalue weighted by Crippen LogP contribution is -2.41. The Labute approximate surface area is 148 Å². The van der Waals surface area contributed by atoms with Gasteiger partial charge in [0.05, 0.1) is 6.04 Å². The molecular formula is C16H31N5O4. The standard InChI is InChI=1S/C16H31N5O4/c1-2-3-4-5-6-7-8-11-15(23)19-14(13-22)10-9-12-18-16(17)20-21(24)25/h13-14H,2-12H2,1H3,(H,19,23)(H3,17,18,20). The van der Waals surface area contributed by atoms with Gasteiger partial charge in [0.1, 0.15) is 6.29 Å². The molecule has 0 aliphatic heterocycles. The maximum Gasteiger partial charge on any atom is 0.251 e. The van der Waals surface area contributed by atoms with Crippen molar-refractivity contribution in [3.8, 4) is 0 Å². The molecule has 4 N–H and O–H groups in total. The molecule has 0 bridgehead atoms. The predicted molar refractivity (Wildman–Crippen MR) is 95.7 cm³/mol. The van der Waals surface area contributed by atoms with E-state index in [2.05, 4.69) is 17.6 Å². The highest BCUT2D eigenvalue weighted by Gasteiger charge is 2.11. The van der Waals surface area contributed by atoms with Gasteiger partial charge in [0.15, 0.2) is 5.03 Å². The zero-order valence-electron chi connectivity index (χ0n) is 15.0. The monoisotopic (exact) mass is 357 g/mol. The van der Waals surface area contributed by atoms with Crippen molar-refractivity contribution >= 4 is 18.2 Å². The number of aldehydes is 1. The SMILES string of the molecule is CCCCCCCCCC(=O)NC(C=O)CCCNC(=N)N[N+](=O)[O-]. The van der Waals surface area contributed by atoms with Gasteiger partial charge in [-0.3, -0.25) is 10.2 Å². The van der Waals surface area contributed by atoms with Gasteiger partial charge in [-0.1, -0.05) is 50.9 Å². The van der Waals surface area contributed by atoms with Crippen LogP contribution in [0.3, 0.4) is 0 Å². The van der Waals surface area contributed by atoms with Crippen LogP contribution in [0.1, 0.15) is 71.1 Å². The summed E-state index contributed by atoms with van der Waals surface area (Å²) in [6.07, 6.45) is 9.98. The summed E-state index contributed by atoms with van der Waals surface area (Å²) in [4.78, 5) is 32.9. The lowest BCUT2D eigenvalue weighted by atomic mass is 10.1. The summed E-state index contributed by atoms with van der Waals surface area (Å²) in [7, 11) is 0. The van der Waals surface area contributed by atoms with Gasteiger partial charge in [0.25, 0.3) is 5.96 Å². The highest BCUT2D eigenvalue weighted by atomic mass is 16.7. The van der Waals surface area contributed by atoms with E-state index < -0.39 is 17.0 Å². The molecule has 25 heavy (non-hydrogen) atoms. The first kappa shape index (κ1) is 22.8. The Balaban J connectivity index is 3.71. The Hall–Kier alpha value is -2.19. The molecule has 0 aliphatic rings. The van der Waals surface area contributed by atoms with E-state index in [1.54, 1.807) is 5.43 Å². The summed E-state index contributed by atoms with van der Waals surface area (Å²) in [6.45, 7) is 2.48. The van der Waals surface area contributed by atoms with E-state index >= 15 is 0 Å². The molecule has 0 rings (SSSR count). The molecule has 0 radical (unpaired) electrons. The molecule has 0 fully saturated rings. The van der Waals surface area contributed by atoms with Gasteiger partial charge in [-0.05, 0) is 19.3 Å². The Morgan fingerprint density at radius 1 is 1.16 bits per heavy atom. The number of hydrogen-bond donors (Lipinski definition) is 4. The number of amides is 1. The zero-order chi connectivity index (χ0) is 18.9. The number of carbonyl (C=O) groups is 2. The lowest BCUT2D eigenvalue weighted by Gasteiger charge is -2.13. The number of carbonyl (C=O) groups excluding carboxylic acids is 2. The first-order chi connectivity index (χ1) is 12.0. The molecule has 0 aliphatic carbocycles. The van der Waals surface area contributed by atoms with Crippen LogP contribution in [-0.4, -0.2) is 35.8 Å². The summed E-state index contributed by atoms with van der Waals surface area (Å²) in [5, 5.41) is 21.7. The smallest absolute Gasteiger partial charge is 0.251 e. The molecule has 9 heteroatoms. The Morgan fingerprint density at radius 2 is 1.80 bits per heavy atom. The fourth-order valence-electron chi connectivity index (χ4n) is 2.36. The number of nitro groups is 1. The molecule has 1 amide bonds. The minimum absolute atomic E-state index is 0.124. The van der Waals surface area contributed by atoms with Crippen molar-refractivity contribution in [3.63, 3.8) is 0 Å². The van der Waals surface area contributed by atoms with Crippen molar-refractivity contribution in [1.29, 1.82) is 5.41 Å². The van der Waals surface area contributed by atoms with Crippen molar-refractivity contribution < 1.29 is 14.6 Å². The van der Waals surface area contributed by atoms with Crippen LogP contribution in [0.15, 0.2) is 0 Å². The second-order valence-corrected chi connectivity index (χ2v) is 5.99. The maximum absolute atomic E-state index is 11.8. The molecule has 0 saturated carbocycles. The second-order valence-electron chi connectivity index (χ2n) is 5.99. The van der Waals surface area contributed by atoms with E-state index in [1.165, 1.54) is 25.7 Å². The Bertz CT molecular complexity index is 417. The average molecular weight is 357 g/mol. The summed E-state index contributed by atoms with van der Waals surface area (Å²) < 4.78 is 0. The first-order valence-electron chi connectivity index (χ1n) is 8.97. The van der Waals surface area contributed by atoms with Crippen LogP contribution in [0.2, 0.25) is 0 Å². The van der Waals surface area contributed by atoms with Gasteiger partial charge in [-0.2, -0.15) is 0 Å². The molecule has 0 aromatic rings. The molecule has 1 unspecified atom stereocenters. The van der Waals surface area contributed by atoms with Gasteiger partial charge >= 0.3 is 0 Å². The van der Waals surface area contributed by atoms with E-state index in [4.69, 9.17) is 5.41 Å². The fourth-order valence-corrected chi connectivity index (χ4v) is 2.36. The van der Waals surface area contributed by atoms with Crippen LogP contribution in [0.25, 0.3) is 0 Å². The minimum atomic E-state index is -0.826. The van der Waals surface area contributed by atoms with Crippen LogP contribution in [-0.2, 0) is 9.59 Å². The van der Waals surface area contributed by atoms with E-state index in [0.717, 1.165) is 19.3 Å². The number of nitrogens with one attached hydrogen (secondary N) is 4. The van der Waals surface area contributed by atoms with Crippen molar-refractivity contribution in [2.24, 2.45) is 0 Å². The minimum Gasteiger partial charge on any atom is -0.352 e. The van der Waals surface area contributed by atoms with Crippen molar-refractivity contribution in [1.82, 2.24) is 16.1 Å². The van der Waals surface area contributed by atoms with Crippen LogP contribution in [0.4, 0.5) is 0 Å². The number of guanidine groups is 1. The van der Waals surface area contributed by atoms with Crippen LogP contribution in [0.5, 0.6) is 0 Å². The van der Waals surface area contributed by atoms with Crippen LogP contribution < -0.4 is 16.1 Å². The molecule has 1 atom stereocenters. The molecule has 0 heterocycles. The van der Waals surface area contributed by atoms with E-state index in [0.29, 0.717) is 32.1 Å². The maximum atomic E-state index is 11.8. The third-order valence-electron chi connectivity index (χ3n) is 3.71. The molecule has 0 saturated heterocycles. The van der Waals surface area contributed by atoms with Gasteiger partial charge in [-0.15, -0.1) is 0 Å². The molecule has 0 aromatic carbocycles. The fraction of sp³-hybridized carbons (Fsp3) is 0.812. The number of hydrogen-bond acceptors (Lipinski definition) is 5. The van der Waals surface area contributed by atoms with Gasteiger partial charge < -0.3 is 15.4 Å². The molecule has 9 nitrogen and oxygen atoms in total. The average Bonchev–Trinajstić information content (AvgIpc) is 2.56. The quantitative estimate of drug-likeness (QED) is 0.0882. The number of unbranched alkanes of at least 4 members (excludes halogenated alkanes) is 6. The van der Waals surface area contributed by atoms with Crippen LogP contribution >= 0.6 is 0 Å². The number of rotatable bonds is 15. The van der Waals surface area contributed by atoms with Crippen molar-refractivity contribution in [2.45, 2.75) is 77.2 Å². The van der Waals surface area contributed by atoms with Crippen molar-refractivity contribution in [3.05, 3.63) is 10.1 Å². The summed E-state index contributed by atoms with van der Waals surface area (Å²) >= 11 is 0. The highest BCUT2D eigenvalue weighted by Crippen LogP contribution is 2.08. The molecule has 0 aromatic heterocycles. The van der Waals surface area contributed by atoms with Gasteiger partial charge in [-0.25, -0.2) is 10.1 Å². The summed E-state index contributed by atoms with van der Waals surface area (Å²) in [6, 6.07) is -0.559. The first-order valence-corrected chi connectivity index (χ1v) is 8.97. The van der Waals surface area contributed by atoms with E-state index in [-0.39, 0.29) is 5.91 Å². The third kappa shape index (κ3) is 15.1. The largest absolute Gasteiger partial charge is 0.352 e. The third-order valence-corrected chi connectivity index (χ3v) is 3.71. The van der Waals surface area contributed by atoms with Crippen LogP contribution in [0, 0.1) is 15.5 Å². The Morgan fingerprint density at radius 3 is 2.40 bits per heavy atom. The van der Waals surface area contributed by atoms with Gasteiger partial charge in [0.2, 0.25) is 5.91 Å². The lowest BCUT2D eigenvalue weighted by molar-refractivity contribution is -0.525. The molecular weight excluding hydrogens is 326 g/mol. The van der Waals surface area contributed by atoms with E-state index in [1.807, 2.05) is 0 Å². The summed E-state index contributed by atoms with van der Waals surface area (Å²) in [5.41, 5.74) is 1.68. The number of nitrogens with zero attached hydrogens (tertiary/aromatic N) is 1. The predicted octanol–water partition coefficient (Wildman–Crippen LogP) is 1.90. The summed E-state index contributed by atoms with van der Waals surface area (Å²) in [5.74, 6) is -0.531. The molecule has 0 spiro atoms. The Kier molecular flexibility index (Phi) is 14.0. The topological polar surface area (TPSA) is 137 Å². The molecule has 144 valence electrons. The van der Waals surface area contributed by atoms with Gasteiger partial charge in [0, 0.05) is 13.0 Å². The number of hydrazine groups is 1. The van der Waals surface area contributed by atoms with E-state index in [9.17, 15) is 19.7 Å².